The lowest BCUT2D eigenvalue weighted by molar-refractivity contribution is 0.146. The molecule has 3 nitrogen and oxygen atoms in total. The molecule has 1 heterocycles. The number of fused-ring (bicyclic) bond motifs is 1. The summed E-state index contributed by atoms with van der Waals surface area (Å²) in [5.41, 5.74) is -0.486. The average Bonchev–Trinajstić information content (AvgIpc) is 2.48. The molecule has 2 aromatic carbocycles. The third-order valence-corrected chi connectivity index (χ3v) is 3.04. The summed E-state index contributed by atoms with van der Waals surface area (Å²) in [5, 5.41) is 0.313. The number of nitrogens with one attached hydrogen (secondary N) is 1. The first kappa shape index (κ1) is 13.3. The predicted molar refractivity (Wildman–Crippen MR) is 76.0 cm³/mol. The second kappa shape index (κ2) is 5.36. The highest BCUT2D eigenvalue weighted by Gasteiger charge is 2.11. The summed E-state index contributed by atoms with van der Waals surface area (Å²) in [4.78, 5) is 14.5. The Morgan fingerprint density at radius 2 is 1.71 bits per heavy atom. The number of benzene rings is 2. The number of alkyl halides is 2. The molecule has 0 amide bonds. The van der Waals surface area contributed by atoms with Crippen LogP contribution in [0.3, 0.4) is 0 Å². The number of hydrogen-bond donors (Lipinski definition) is 1. The number of pyridine rings is 1. The molecule has 0 aliphatic carbocycles. The van der Waals surface area contributed by atoms with Gasteiger partial charge in [0.2, 0.25) is 0 Å². The van der Waals surface area contributed by atoms with Gasteiger partial charge in [-0.2, -0.15) is 0 Å². The highest BCUT2D eigenvalue weighted by Crippen LogP contribution is 2.24. The summed E-state index contributed by atoms with van der Waals surface area (Å²) >= 11 is 0. The van der Waals surface area contributed by atoms with Crippen molar-refractivity contribution in [2.75, 3.05) is 0 Å². The van der Waals surface area contributed by atoms with E-state index in [0.717, 1.165) is 6.07 Å². The molecule has 0 saturated carbocycles. The van der Waals surface area contributed by atoms with E-state index in [1.165, 1.54) is 6.07 Å². The Bertz CT molecular complexity index is 829. The molecule has 1 N–H and O–H groups in total. The fraction of sp³-hybridized carbons (Fsp3) is 0.0625. The zero-order valence-corrected chi connectivity index (χ0v) is 10.8. The van der Waals surface area contributed by atoms with Gasteiger partial charge in [0.1, 0.15) is 11.5 Å². The standard InChI is InChI=1S/C16H11F2NO2/c17-16(18)14-9-15(20)12-8-11(6-7-13(12)19-14)21-10-4-2-1-3-5-10/h1-9,16H,(H,19,20). The van der Waals surface area contributed by atoms with Gasteiger partial charge in [-0.1, -0.05) is 18.2 Å². The molecule has 0 radical (unpaired) electrons. The Morgan fingerprint density at radius 3 is 2.43 bits per heavy atom. The van der Waals surface area contributed by atoms with E-state index in [9.17, 15) is 13.6 Å². The number of aromatic nitrogens is 1. The van der Waals surface area contributed by atoms with Gasteiger partial charge >= 0.3 is 0 Å². The van der Waals surface area contributed by atoms with Crippen LogP contribution >= 0.6 is 0 Å². The van der Waals surface area contributed by atoms with E-state index in [4.69, 9.17) is 4.74 Å². The summed E-state index contributed by atoms with van der Waals surface area (Å²) in [6.07, 6.45) is -2.71. The van der Waals surface area contributed by atoms with E-state index in [2.05, 4.69) is 4.98 Å². The van der Waals surface area contributed by atoms with Crippen LogP contribution < -0.4 is 10.2 Å². The van der Waals surface area contributed by atoms with Crippen LogP contribution in [-0.2, 0) is 0 Å². The van der Waals surface area contributed by atoms with E-state index in [1.807, 2.05) is 18.2 Å². The Kier molecular flexibility index (Phi) is 3.39. The Balaban J connectivity index is 2.03. The number of para-hydroxylation sites is 1. The lowest BCUT2D eigenvalue weighted by Gasteiger charge is -2.07. The highest BCUT2D eigenvalue weighted by atomic mass is 19.3. The van der Waals surface area contributed by atoms with Crippen molar-refractivity contribution >= 4 is 10.9 Å². The molecule has 106 valence electrons. The van der Waals surface area contributed by atoms with Crippen molar-refractivity contribution in [1.29, 1.82) is 0 Å². The zero-order chi connectivity index (χ0) is 14.8. The summed E-state index contributed by atoms with van der Waals surface area (Å²) in [7, 11) is 0. The van der Waals surface area contributed by atoms with Crippen molar-refractivity contribution in [3.8, 4) is 11.5 Å². The van der Waals surface area contributed by atoms with Crippen LogP contribution in [0.2, 0.25) is 0 Å². The van der Waals surface area contributed by atoms with Gasteiger partial charge in [-0.05, 0) is 30.3 Å². The number of hydrogen-bond acceptors (Lipinski definition) is 2. The van der Waals surface area contributed by atoms with Crippen LogP contribution in [-0.4, -0.2) is 4.98 Å². The fourth-order valence-corrected chi connectivity index (χ4v) is 2.05. The number of halogens is 2. The average molecular weight is 287 g/mol. The van der Waals surface area contributed by atoms with Crippen molar-refractivity contribution in [2.24, 2.45) is 0 Å². The van der Waals surface area contributed by atoms with Gasteiger partial charge in [0.15, 0.2) is 5.43 Å². The van der Waals surface area contributed by atoms with Crippen LogP contribution in [0.15, 0.2) is 59.4 Å². The number of aromatic amines is 1. The fourth-order valence-electron chi connectivity index (χ4n) is 2.05. The summed E-state index contributed by atoms with van der Waals surface area (Å²) in [5.74, 6) is 1.11. The molecule has 0 bridgehead atoms. The van der Waals surface area contributed by atoms with E-state index in [0.29, 0.717) is 22.4 Å². The molecular weight excluding hydrogens is 276 g/mol. The second-order valence-electron chi connectivity index (χ2n) is 4.51. The SMILES string of the molecule is O=c1cc(C(F)F)[nH]c2ccc(Oc3ccccc3)cc12. The predicted octanol–water partition coefficient (Wildman–Crippen LogP) is 4.26. The Labute approximate surface area is 118 Å². The molecule has 3 aromatic rings. The van der Waals surface area contributed by atoms with E-state index in [-0.39, 0.29) is 5.69 Å². The molecule has 1 aromatic heterocycles. The minimum absolute atomic E-state index is 0.313. The van der Waals surface area contributed by atoms with Crippen molar-refractivity contribution in [3.63, 3.8) is 0 Å². The quantitative estimate of drug-likeness (QED) is 0.782. The van der Waals surface area contributed by atoms with Crippen LogP contribution in [0, 0.1) is 0 Å². The zero-order valence-electron chi connectivity index (χ0n) is 10.8. The number of rotatable bonds is 3. The summed E-state index contributed by atoms with van der Waals surface area (Å²) < 4.78 is 30.9. The van der Waals surface area contributed by atoms with Crippen LogP contribution in [0.1, 0.15) is 12.1 Å². The third-order valence-electron chi connectivity index (χ3n) is 3.04. The second-order valence-corrected chi connectivity index (χ2v) is 4.51. The number of ether oxygens (including phenoxy) is 1. The molecule has 3 rings (SSSR count). The van der Waals surface area contributed by atoms with Gasteiger partial charge in [-0.15, -0.1) is 0 Å². The molecule has 0 atom stereocenters. The van der Waals surface area contributed by atoms with Crippen molar-refractivity contribution in [3.05, 3.63) is 70.5 Å². The van der Waals surface area contributed by atoms with E-state index >= 15 is 0 Å². The molecule has 0 saturated heterocycles. The molecular formula is C16H11F2NO2. The monoisotopic (exact) mass is 287 g/mol. The lowest BCUT2D eigenvalue weighted by Crippen LogP contribution is -2.05. The van der Waals surface area contributed by atoms with Crippen molar-refractivity contribution in [1.82, 2.24) is 4.98 Å². The first-order valence-electron chi connectivity index (χ1n) is 6.31. The third kappa shape index (κ3) is 2.76. The Morgan fingerprint density at radius 1 is 0.952 bits per heavy atom. The maximum Gasteiger partial charge on any atom is 0.278 e. The first-order chi connectivity index (χ1) is 10.1. The molecule has 0 unspecified atom stereocenters. The molecule has 5 heteroatoms. The summed E-state index contributed by atoms with van der Waals surface area (Å²) in [6, 6.07) is 14.7. The van der Waals surface area contributed by atoms with Crippen LogP contribution in [0.25, 0.3) is 10.9 Å². The van der Waals surface area contributed by atoms with Gasteiger partial charge in [0.05, 0.1) is 5.69 Å². The van der Waals surface area contributed by atoms with Crippen molar-refractivity contribution in [2.45, 2.75) is 6.43 Å². The molecule has 0 spiro atoms. The molecule has 0 aliphatic heterocycles. The maximum absolute atomic E-state index is 12.6. The minimum Gasteiger partial charge on any atom is -0.457 e. The van der Waals surface area contributed by atoms with Crippen molar-refractivity contribution < 1.29 is 13.5 Å². The van der Waals surface area contributed by atoms with E-state index < -0.39 is 11.9 Å². The van der Waals surface area contributed by atoms with Gasteiger partial charge in [-0.3, -0.25) is 4.79 Å². The molecule has 0 fully saturated rings. The Hall–Kier alpha value is -2.69. The van der Waals surface area contributed by atoms with Crippen LogP contribution in [0.5, 0.6) is 11.5 Å². The summed E-state index contributed by atoms with van der Waals surface area (Å²) in [6.45, 7) is 0. The number of H-pyrrole nitrogens is 1. The van der Waals surface area contributed by atoms with Gasteiger partial charge in [-0.25, -0.2) is 8.78 Å². The van der Waals surface area contributed by atoms with Gasteiger partial charge < -0.3 is 9.72 Å². The lowest BCUT2D eigenvalue weighted by atomic mass is 10.2. The van der Waals surface area contributed by atoms with E-state index in [1.54, 1.807) is 24.3 Å². The molecule has 0 aliphatic rings. The smallest absolute Gasteiger partial charge is 0.278 e. The van der Waals surface area contributed by atoms with Gasteiger partial charge in [0.25, 0.3) is 6.43 Å². The van der Waals surface area contributed by atoms with Gasteiger partial charge in [0, 0.05) is 17.0 Å². The normalized spacial score (nSPS) is 11.0. The molecule has 21 heavy (non-hydrogen) atoms. The largest absolute Gasteiger partial charge is 0.457 e. The topological polar surface area (TPSA) is 42.1 Å². The van der Waals surface area contributed by atoms with Crippen LogP contribution in [0.4, 0.5) is 8.78 Å². The highest BCUT2D eigenvalue weighted by molar-refractivity contribution is 5.80. The minimum atomic E-state index is -2.71. The maximum atomic E-state index is 12.6. The first-order valence-corrected chi connectivity index (χ1v) is 6.31.